The molecule has 1 aliphatic heterocycles. The van der Waals surface area contributed by atoms with Crippen molar-refractivity contribution in [1.29, 1.82) is 10.7 Å². The Morgan fingerprint density at radius 1 is 1.60 bits per heavy atom. The molecular formula is C12H12N6O2. The van der Waals surface area contributed by atoms with Crippen LogP contribution in [-0.2, 0) is 4.74 Å². The second kappa shape index (κ2) is 5.71. The predicted octanol–water partition coefficient (Wildman–Crippen LogP) is 0.871. The number of anilines is 2. The molecule has 0 aromatic heterocycles. The number of amidine groups is 1. The van der Waals surface area contributed by atoms with E-state index in [9.17, 15) is 4.79 Å². The molecule has 0 spiro atoms. The lowest BCUT2D eigenvalue weighted by Crippen LogP contribution is -2.23. The lowest BCUT2D eigenvalue weighted by Gasteiger charge is -2.13. The molecule has 2 rings (SSSR count). The molecule has 20 heavy (non-hydrogen) atoms. The Hall–Kier alpha value is -3.08. The van der Waals surface area contributed by atoms with Crippen LogP contribution in [0.3, 0.4) is 0 Å². The molecule has 1 aliphatic rings. The van der Waals surface area contributed by atoms with E-state index in [0.29, 0.717) is 24.5 Å². The van der Waals surface area contributed by atoms with Gasteiger partial charge in [-0.2, -0.15) is 10.4 Å². The topological polar surface area (TPSA) is 128 Å². The van der Waals surface area contributed by atoms with Gasteiger partial charge in [-0.05, 0) is 18.2 Å². The van der Waals surface area contributed by atoms with Crippen molar-refractivity contribution < 1.29 is 9.53 Å². The van der Waals surface area contributed by atoms with Crippen LogP contribution in [-0.4, -0.2) is 30.8 Å². The number of cyclic esters (lactones) is 1. The Balaban J connectivity index is 2.16. The molecule has 8 nitrogen and oxygen atoms in total. The molecule has 1 heterocycles. The highest BCUT2D eigenvalue weighted by Gasteiger charge is 2.23. The molecule has 0 bridgehead atoms. The van der Waals surface area contributed by atoms with Crippen molar-refractivity contribution in [2.75, 3.05) is 23.5 Å². The van der Waals surface area contributed by atoms with E-state index >= 15 is 0 Å². The molecule has 0 radical (unpaired) electrons. The van der Waals surface area contributed by atoms with Gasteiger partial charge in [0.25, 0.3) is 0 Å². The summed E-state index contributed by atoms with van der Waals surface area (Å²) in [7, 11) is 0. The molecule has 0 saturated carbocycles. The van der Waals surface area contributed by atoms with E-state index in [1.807, 2.05) is 0 Å². The number of nitrogens with two attached hydrogens (primary N) is 1. The third kappa shape index (κ3) is 2.84. The maximum Gasteiger partial charge on any atom is 0.414 e. The van der Waals surface area contributed by atoms with Gasteiger partial charge in [0.05, 0.1) is 12.2 Å². The van der Waals surface area contributed by atoms with Gasteiger partial charge in [0.15, 0.2) is 5.84 Å². The molecular weight excluding hydrogens is 260 g/mol. The largest absolute Gasteiger partial charge is 0.447 e. The number of amides is 1. The summed E-state index contributed by atoms with van der Waals surface area (Å²) in [6.45, 7) is 0.847. The van der Waals surface area contributed by atoms with Gasteiger partial charge in [0, 0.05) is 5.69 Å². The lowest BCUT2D eigenvalue weighted by molar-refractivity contribution is 0.181. The van der Waals surface area contributed by atoms with E-state index in [4.69, 9.17) is 21.1 Å². The Bertz CT molecular complexity index is 619. The first-order valence-electron chi connectivity index (χ1n) is 5.74. The van der Waals surface area contributed by atoms with Crippen molar-refractivity contribution in [2.45, 2.75) is 0 Å². The van der Waals surface area contributed by atoms with Crippen LogP contribution >= 0.6 is 0 Å². The van der Waals surface area contributed by atoms with Gasteiger partial charge in [-0.15, -0.1) is 0 Å². The van der Waals surface area contributed by atoms with E-state index in [0.717, 1.165) is 0 Å². The fourth-order valence-electron chi connectivity index (χ4n) is 1.64. The first-order valence-corrected chi connectivity index (χ1v) is 5.74. The smallest absolute Gasteiger partial charge is 0.414 e. The molecule has 8 heteroatoms. The standard InChI is InChI=1S/C12H12N6O2/c13-7-10(11(14)15)17-16-8-2-1-3-9(6-8)18-4-5-20-12(18)19/h1-3,6,16H,4-5H2,(H3,14,15)/b17-10+. The summed E-state index contributed by atoms with van der Waals surface area (Å²) < 4.78 is 4.86. The molecule has 1 fully saturated rings. The highest BCUT2D eigenvalue weighted by Crippen LogP contribution is 2.22. The number of ether oxygens (including phenoxy) is 1. The van der Waals surface area contributed by atoms with Crippen LogP contribution in [0.25, 0.3) is 0 Å². The summed E-state index contributed by atoms with van der Waals surface area (Å²) in [4.78, 5) is 12.9. The molecule has 1 aromatic rings. The summed E-state index contributed by atoms with van der Waals surface area (Å²) in [6, 6.07) is 8.60. The van der Waals surface area contributed by atoms with Crippen molar-refractivity contribution in [3.63, 3.8) is 0 Å². The third-order valence-corrected chi connectivity index (χ3v) is 2.58. The number of nitrogens with zero attached hydrogens (tertiary/aromatic N) is 3. The number of hydrogen-bond donors (Lipinski definition) is 3. The summed E-state index contributed by atoms with van der Waals surface area (Å²) in [5, 5.41) is 19.6. The Labute approximate surface area is 114 Å². The molecule has 1 saturated heterocycles. The second-order valence-electron chi connectivity index (χ2n) is 3.91. The summed E-state index contributed by atoms with van der Waals surface area (Å²) in [5.41, 5.74) is 8.82. The third-order valence-electron chi connectivity index (χ3n) is 2.58. The van der Waals surface area contributed by atoms with E-state index in [1.165, 1.54) is 4.90 Å². The van der Waals surface area contributed by atoms with Gasteiger partial charge in [-0.3, -0.25) is 15.7 Å². The second-order valence-corrected chi connectivity index (χ2v) is 3.91. The van der Waals surface area contributed by atoms with Crippen molar-refractivity contribution in [3.05, 3.63) is 24.3 Å². The van der Waals surface area contributed by atoms with Gasteiger partial charge < -0.3 is 10.5 Å². The SMILES string of the molecule is N#C/C(=N\Nc1cccc(N2CCOC2=O)c1)C(=N)N. The van der Waals surface area contributed by atoms with Crippen molar-refractivity contribution in [2.24, 2.45) is 10.8 Å². The van der Waals surface area contributed by atoms with Gasteiger partial charge >= 0.3 is 6.09 Å². The van der Waals surface area contributed by atoms with Crippen LogP contribution in [0.4, 0.5) is 16.2 Å². The first-order chi connectivity index (χ1) is 9.61. The summed E-state index contributed by atoms with van der Waals surface area (Å²) in [6.07, 6.45) is -0.396. The van der Waals surface area contributed by atoms with E-state index < -0.39 is 11.9 Å². The zero-order chi connectivity index (χ0) is 14.5. The quantitative estimate of drug-likeness (QED) is 0.425. The highest BCUT2D eigenvalue weighted by molar-refractivity contribution is 6.45. The van der Waals surface area contributed by atoms with Gasteiger partial charge in [0.2, 0.25) is 5.71 Å². The molecule has 0 atom stereocenters. The number of hydrazone groups is 1. The van der Waals surface area contributed by atoms with Crippen LogP contribution in [0.5, 0.6) is 0 Å². The number of carbonyl (C=O) groups excluding carboxylic acids is 1. The number of nitrogens with one attached hydrogen (secondary N) is 2. The molecule has 102 valence electrons. The average Bonchev–Trinajstić information content (AvgIpc) is 2.86. The molecule has 1 amide bonds. The number of rotatable bonds is 4. The molecule has 0 unspecified atom stereocenters. The van der Waals surface area contributed by atoms with Crippen LogP contribution in [0.15, 0.2) is 29.4 Å². The fraction of sp³-hybridized carbons (Fsp3) is 0.167. The zero-order valence-corrected chi connectivity index (χ0v) is 10.5. The minimum Gasteiger partial charge on any atom is -0.447 e. The number of carbonyl (C=O) groups is 1. The molecule has 1 aromatic carbocycles. The van der Waals surface area contributed by atoms with Crippen LogP contribution in [0, 0.1) is 16.7 Å². The number of hydrogen-bond acceptors (Lipinski definition) is 6. The van der Waals surface area contributed by atoms with Crippen LogP contribution in [0.1, 0.15) is 0 Å². The van der Waals surface area contributed by atoms with Crippen molar-refractivity contribution in [3.8, 4) is 6.07 Å². The normalized spacial score (nSPS) is 14.7. The maximum atomic E-state index is 11.5. The van der Waals surface area contributed by atoms with E-state index in [-0.39, 0.29) is 5.71 Å². The summed E-state index contributed by atoms with van der Waals surface area (Å²) in [5.74, 6) is -0.417. The van der Waals surface area contributed by atoms with E-state index in [2.05, 4.69) is 10.5 Å². The predicted molar refractivity (Wildman–Crippen MR) is 73.7 cm³/mol. The van der Waals surface area contributed by atoms with Crippen LogP contribution < -0.4 is 16.1 Å². The molecule has 0 aliphatic carbocycles. The number of nitriles is 1. The Kier molecular flexibility index (Phi) is 3.81. The van der Waals surface area contributed by atoms with Crippen molar-refractivity contribution >= 4 is 29.0 Å². The van der Waals surface area contributed by atoms with E-state index in [1.54, 1.807) is 30.3 Å². The van der Waals surface area contributed by atoms with Gasteiger partial charge in [-0.25, -0.2) is 4.79 Å². The Morgan fingerprint density at radius 3 is 3.00 bits per heavy atom. The molecule has 4 N–H and O–H groups in total. The number of benzene rings is 1. The lowest BCUT2D eigenvalue weighted by atomic mass is 10.2. The highest BCUT2D eigenvalue weighted by atomic mass is 16.6. The summed E-state index contributed by atoms with van der Waals surface area (Å²) >= 11 is 0. The monoisotopic (exact) mass is 272 g/mol. The van der Waals surface area contributed by atoms with Crippen LogP contribution in [0.2, 0.25) is 0 Å². The maximum absolute atomic E-state index is 11.5. The van der Waals surface area contributed by atoms with Gasteiger partial charge in [-0.1, -0.05) is 6.07 Å². The minimum absolute atomic E-state index is 0.212. The van der Waals surface area contributed by atoms with Crippen molar-refractivity contribution in [1.82, 2.24) is 0 Å². The average molecular weight is 272 g/mol. The first kappa shape index (κ1) is 13.4. The zero-order valence-electron chi connectivity index (χ0n) is 10.5. The Morgan fingerprint density at radius 2 is 2.40 bits per heavy atom. The fourth-order valence-corrected chi connectivity index (χ4v) is 1.64. The van der Waals surface area contributed by atoms with Gasteiger partial charge in [0.1, 0.15) is 12.7 Å². The minimum atomic E-state index is -0.417.